The molecule has 34 heavy (non-hydrogen) atoms. The lowest BCUT2D eigenvalue weighted by molar-refractivity contribution is -0.124. The first-order valence-corrected chi connectivity index (χ1v) is 11.1. The van der Waals surface area contributed by atoms with Crippen LogP contribution >= 0.6 is 0 Å². The van der Waals surface area contributed by atoms with E-state index >= 15 is 0 Å². The molecule has 186 valence electrons. The fraction of sp³-hybridized carbons (Fsp3) is 0.455. The third-order valence-corrected chi connectivity index (χ3v) is 5.06. The molecule has 0 atom stereocenters. The molecular weight excluding hydrogens is 444 g/mol. The first kappa shape index (κ1) is 28.1. The minimum atomic E-state index is -0.989. The van der Waals surface area contributed by atoms with Crippen LogP contribution in [0.15, 0.2) is 24.3 Å². The molecule has 12 nitrogen and oxygen atoms in total. The normalized spacial score (nSPS) is 10.3. The van der Waals surface area contributed by atoms with Gasteiger partial charge < -0.3 is 10.6 Å². The molecule has 0 unspecified atom stereocenters. The van der Waals surface area contributed by atoms with E-state index in [-0.39, 0.29) is 23.2 Å². The van der Waals surface area contributed by atoms with Crippen molar-refractivity contribution in [2.24, 2.45) is 11.8 Å². The molecule has 0 aromatic heterocycles. The molecule has 0 spiro atoms. The molecule has 10 amide bonds. The van der Waals surface area contributed by atoms with Crippen molar-refractivity contribution in [3.05, 3.63) is 24.3 Å². The molecule has 0 aliphatic rings. The van der Waals surface area contributed by atoms with E-state index in [4.69, 9.17) is 0 Å². The summed E-state index contributed by atoms with van der Waals surface area (Å²) in [4.78, 5) is 72.0. The number of para-hydroxylation sites is 2. The number of benzene rings is 1. The van der Waals surface area contributed by atoms with Gasteiger partial charge in [-0.05, 0) is 37.8 Å². The van der Waals surface area contributed by atoms with Crippen molar-refractivity contribution in [2.75, 3.05) is 10.6 Å². The molecule has 0 heterocycles. The maximum Gasteiger partial charge on any atom is 0.329 e. The summed E-state index contributed by atoms with van der Waals surface area (Å²) in [7, 11) is 0. The summed E-state index contributed by atoms with van der Waals surface area (Å²) in [6.07, 6.45) is 2.19. The number of anilines is 2. The Morgan fingerprint density at radius 3 is 1.18 bits per heavy atom. The zero-order chi connectivity index (χ0) is 25.7. The average Bonchev–Trinajstić information content (AvgIpc) is 2.76. The van der Waals surface area contributed by atoms with Gasteiger partial charge in [-0.2, -0.15) is 0 Å². The number of rotatable bonds is 8. The Labute approximate surface area is 198 Å². The van der Waals surface area contributed by atoms with Crippen LogP contribution < -0.4 is 31.9 Å². The number of imide groups is 4. The lowest BCUT2D eigenvalue weighted by atomic mass is 10.0. The second-order valence-corrected chi connectivity index (χ2v) is 7.37. The molecule has 1 rings (SSSR count). The monoisotopic (exact) mass is 476 g/mol. The largest absolute Gasteiger partial charge is 0.329 e. The summed E-state index contributed by atoms with van der Waals surface area (Å²) in [6.45, 7) is 7.25. The second-order valence-electron chi connectivity index (χ2n) is 7.37. The van der Waals surface area contributed by atoms with Gasteiger partial charge in [-0.3, -0.25) is 30.9 Å². The molecule has 0 saturated carbocycles. The number of urea groups is 4. The number of amides is 10. The highest BCUT2D eigenvalue weighted by Crippen LogP contribution is 2.20. The molecule has 0 saturated heterocycles. The van der Waals surface area contributed by atoms with Crippen LogP contribution in [-0.4, -0.2) is 35.9 Å². The van der Waals surface area contributed by atoms with Gasteiger partial charge >= 0.3 is 24.1 Å². The van der Waals surface area contributed by atoms with Crippen molar-refractivity contribution < 1.29 is 28.8 Å². The first-order chi connectivity index (χ1) is 16.1. The van der Waals surface area contributed by atoms with Crippen LogP contribution in [0.4, 0.5) is 30.6 Å². The number of carbonyl (C=O) groups excluding carboxylic acids is 6. The Balaban J connectivity index is 2.67. The molecule has 1 aromatic carbocycles. The Bertz CT molecular complexity index is 838. The molecule has 12 heteroatoms. The highest BCUT2D eigenvalue weighted by atomic mass is 16.2. The van der Waals surface area contributed by atoms with Gasteiger partial charge in [0.1, 0.15) is 0 Å². The van der Waals surface area contributed by atoms with Crippen LogP contribution in [0.1, 0.15) is 53.4 Å². The quantitative estimate of drug-likeness (QED) is 0.336. The molecule has 6 N–H and O–H groups in total. The third-order valence-electron chi connectivity index (χ3n) is 5.06. The number of hydrogen-bond acceptors (Lipinski definition) is 6. The van der Waals surface area contributed by atoms with Crippen LogP contribution in [0.5, 0.6) is 0 Å². The van der Waals surface area contributed by atoms with E-state index in [1.54, 1.807) is 12.1 Å². The van der Waals surface area contributed by atoms with Gasteiger partial charge in [0.05, 0.1) is 11.4 Å². The van der Waals surface area contributed by atoms with E-state index in [1.807, 2.05) is 38.3 Å². The topological polar surface area (TPSA) is 175 Å². The van der Waals surface area contributed by atoms with Gasteiger partial charge in [-0.25, -0.2) is 19.2 Å². The van der Waals surface area contributed by atoms with Crippen molar-refractivity contribution in [3.8, 4) is 0 Å². The number of nitrogens with one attached hydrogen (secondary N) is 6. The van der Waals surface area contributed by atoms with E-state index < -0.39 is 35.9 Å². The third kappa shape index (κ3) is 9.27. The average molecular weight is 477 g/mol. The van der Waals surface area contributed by atoms with Gasteiger partial charge in [0.15, 0.2) is 0 Å². The molecule has 0 fully saturated rings. The Morgan fingerprint density at radius 1 is 0.559 bits per heavy atom. The Morgan fingerprint density at radius 2 is 0.882 bits per heavy atom. The van der Waals surface area contributed by atoms with E-state index in [0.717, 1.165) is 0 Å². The summed E-state index contributed by atoms with van der Waals surface area (Å²) in [5, 5.41) is 12.9. The summed E-state index contributed by atoms with van der Waals surface area (Å²) in [5.74, 6) is -1.68. The summed E-state index contributed by atoms with van der Waals surface area (Å²) < 4.78 is 0. The fourth-order valence-corrected chi connectivity index (χ4v) is 3.02. The van der Waals surface area contributed by atoms with E-state index in [9.17, 15) is 28.8 Å². The van der Waals surface area contributed by atoms with Crippen LogP contribution in [0, 0.1) is 11.8 Å². The second kappa shape index (κ2) is 14.2. The van der Waals surface area contributed by atoms with Crippen LogP contribution in [0.2, 0.25) is 0 Å². The predicted molar refractivity (Wildman–Crippen MR) is 126 cm³/mol. The molecular formula is C22H32N6O6. The highest BCUT2D eigenvalue weighted by Gasteiger charge is 2.20. The van der Waals surface area contributed by atoms with Gasteiger partial charge in [0, 0.05) is 11.8 Å². The maximum absolute atomic E-state index is 12.1. The lowest BCUT2D eigenvalue weighted by Gasteiger charge is -2.15. The lowest BCUT2D eigenvalue weighted by Crippen LogP contribution is -2.46. The zero-order valence-electron chi connectivity index (χ0n) is 19.7. The van der Waals surface area contributed by atoms with Crippen molar-refractivity contribution in [1.29, 1.82) is 0 Å². The number of hydrogen-bond donors (Lipinski definition) is 6. The van der Waals surface area contributed by atoms with Crippen molar-refractivity contribution in [1.82, 2.24) is 21.3 Å². The van der Waals surface area contributed by atoms with Crippen molar-refractivity contribution >= 4 is 47.3 Å². The molecule has 0 radical (unpaired) electrons. The van der Waals surface area contributed by atoms with E-state index in [0.29, 0.717) is 25.7 Å². The smallest absolute Gasteiger partial charge is 0.306 e. The standard InChI is InChI=1S/C22H32N6O6/c1-5-13(6-2)17(29)25-21(33)27-19(31)23-15-11-9-10-12-16(15)24-20(32)28-22(34)26-18(30)14(7-3)8-4/h9-14H,5-8H2,1-4H3,(H3,23,25,27,29,31,33)(H3,24,26,28,30,32,34). The van der Waals surface area contributed by atoms with Crippen LogP contribution in [0.25, 0.3) is 0 Å². The van der Waals surface area contributed by atoms with Gasteiger partial charge in [0.2, 0.25) is 11.8 Å². The highest BCUT2D eigenvalue weighted by molar-refractivity contribution is 6.09. The minimum Gasteiger partial charge on any atom is -0.306 e. The maximum atomic E-state index is 12.1. The van der Waals surface area contributed by atoms with Crippen LogP contribution in [0.3, 0.4) is 0 Å². The minimum absolute atomic E-state index is 0.114. The van der Waals surface area contributed by atoms with E-state index in [2.05, 4.69) is 21.3 Å². The molecule has 0 bridgehead atoms. The first-order valence-electron chi connectivity index (χ1n) is 11.1. The predicted octanol–water partition coefficient (Wildman–Crippen LogP) is 3.27. The summed E-state index contributed by atoms with van der Waals surface area (Å²) >= 11 is 0. The van der Waals surface area contributed by atoms with Crippen LogP contribution in [-0.2, 0) is 9.59 Å². The summed E-state index contributed by atoms with van der Waals surface area (Å²) in [5.41, 5.74) is 0.227. The van der Waals surface area contributed by atoms with Crippen molar-refractivity contribution in [2.45, 2.75) is 53.4 Å². The zero-order valence-corrected chi connectivity index (χ0v) is 19.7. The van der Waals surface area contributed by atoms with Gasteiger partial charge in [-0.15, -0.1) is 0 Å². The summed E-state index contributed by atoms with van der Waals surface area (Å²) in [6, 6.07) is 2.15. The Hall–Kier alpha value is -3.96. The fourth-order valence-electron chi connectivity index (χ4n) is 3.02. The SMILES string of the molecule is CCC(CC)C(=O)NC(=O)NC(=O)Nc1ccccc1NC(=O)NC(=O)NC(=O)C(CC)CC. The van der Waals surface area contributed by atoms with Gasteiger partial charge in [0.25, 0.3) is 0 Å². The molecule has 1 aromatic rings. The van der Waals surface area contributed by atoms with Crippen molar-refractivity contribution in [3.63, 3.8) is 0 Å². The molecule has 0 aliphatic carbocycles. The van der Waals surface area contributed by atoms with E-state index in [1.165, 1.54) is 12.1 Å². The van der Waals surface area contributed by atoms with Gasteiger partial charge in [-0.1, -0.05) is 39.8 Å². The Kier molecular flexibility index (Phi) is 11.8. The number of carbonyl (C=O) groups is 6. The molecule has 0 aliphatic heterocycles.